The Morgan fingerprint density at radius 3 is 2.67 bits per heavy atom. The fourth-order valence-corrected chi connectivity index (χ4v) is 1.35. The lowest BCUT2D eigenvalue weighted by Gasteiger charge is -2.02. The monoisotopic (exact) mass is 203 g/mol. The number of hydrogen-bond acceptors (Lipinski definition) is 3. The Morgan fingerprint density at radius 2 is 2.13 bits per heavy atom. The minimum absolute atomic E-state index is 0.102. The van der Waals surface area contributed by atoms with E-state index >= 15 is 0 Å². The molecular formula is C11H9NO3. The van der Waals surface area contributed by atoms with Gasteiger partial charge in [0.1, 0.15) is 5.76 Å². The average Bonchev–Trinajstić information content (AvgIpc) is 2.69. The van der Waals surface area contributed by atoms with Crippen molar-refractivity contribution < 1.29 is 14.3 Å². The Labute approximate surface area is 85.9 Å². The second kappa shape index (κ2) is 3.49. The predicted molar refractivity (Wildman–Crippen MR) is 55.5 cm³/mol. The number of carbonyl (C=O) groups is 1. The molecule has 1 aromatic heterocycles. The normalized spacial score (nSPS) is 10.1. The van der Waals surface area contributed by atoms with Crippen LogP contribution in [-0.2, 0) is 0 Å². The van der Waals surface area contributed by atoms with Crippen molar-refractivity contribution in [2.45, 2.75) is 0 Å². The molecule has 0 aliphatic heterocycles. The van der Waals surface area contributed by atoms with Gasteiger partial charge >= 0.3 is 5.97 Å². The minimum atomic E-state index is -1.03. The maximum atomic E-state index is 10.7. The predicted octanol–water partition coefficient (Wildman–Crippen LogP) is 2.23. The van der Waals surface area contributed by atoms with Crippen molar-refractivity contribution in [2.75, 3.05) is 5.73 Å². The number of hydrogen-bond donors (Lipinski definition) is 2. The summed E-state index contributed by atoms with van der Waals surface area (Å²) in [6.45, 7) is 0. The van der Waals surface area contributed by atoms with Crippen LogP contribution in [-0.4, -0.2) is 11.1 Å². The fraction of sp³-hybridized carbons (Fsp3) is 0. The van der Waals surface area contributed by atoms with Crippen molar-refractivity contribution in [3.05, 3.63) is 42.2 Å². The average molecular weight is 203 g/mol. The number of carboxylic acids is 1. The summed E-state index contributed by atoms with van der Waals surface area (Å²) in [4.78, 5) is 10.7. The topological polar surface area (TPSA) is 76.5 Å². The van der Waals surface area contributed by atoms with Crippen molar-refractivity contribution in [1.82, 2.24) is 0 Å². The molecule has 1 aromatic carbocycles. The standard InChI is InChI=1S/C11H9NO3/c12-9-6-7(10-2-1-5-15-10)3-4-8(9)11(13)14/h1-6H,12H2,(H,13,14). The lowest BCUT2D eigenvalue weighted by Crippen LogP contribution is -2.01. The van der Waals surface area contributed by atoms with E-state index in [9.17, 15) is 4.79 Å². The first-order chi connectivity index (χ1) is 7.18. The SMILES string of the molecule is Nc1cc(-c2ccco2)ccc1C(=O)O. The Balaban J connectivity index is 2.47. The van der Waals surface area contributed by atoms with Crippen LogP contribution in [0.4, 0.5) is 5.69 Å². The highest BCUT2D eigenvalue weighted by atomic mass is 16.4. The third-order valence-electron chi connectivity index (χ3n) is 2.09. The van der Waals surface area contributed by atoms with E-state index in [1.165, 1.54) is 6.07 Å². The van der Waals surface area contributed by atoms with E-state index < -0.39 is 5.97 Å². The number of nitrogens with two attached hydrogens (primary N) is 1. The molecule has 4 heteroatoms. The molecule has 0 radical (unpaired) electrons. The summed E-state index contributed by atoms with van der Waals surface area (Å²) in [6.07, 6.45) is 1.55. The lowest BCUT2D eigenvalue weighted by molar-refractivity contribution is 0.0698. The molecule has 0 bridgehead atoms. The molecule has 0 amide bonds. The van der Waals surface area contributed by atoms with E-state index in [4.69, 9.17) is 15.3 Å². The van der Waals surface area contributed by atoms with Crippen LogP contribution in [0, 0.1) is 0 Å². The molecule has 1 heterocycles. The minimum Gasteiger partial charge on any atom is -0.478 e. The molecule has 3 N–H and O–H groups in total. The maximum Gasteiger partial charge on any atom is 0.337 e. The van der Waals surface area contributed by atoms with Crippen LogP contribution in [0.15, 0.2) is 41.0 Å². The maximum absolute atomic E-state index is 10.7. The van der Waals surface area contributed by atoms with Gasteiger partial charge in [0.15, 0.2) is 0 Å². The lowest BCUT2D eigenvalue weighted by atomic mass is 10.1. The van der Waals surface area contributed by atoms with E-state index in [1.54, 1.807) is 30.5 Å². The summed E-state index contributed by atoms with van der Waals surface area (Å²) in [5, 5.41) is 8.78. The zero-order chi connectivity index (χ0) is 10.8. The van der Waals surface area contributed by atoms with Gasteiger partial charge in [-0.05, 0) is 24.3 Å². The van der Waals surface area contributed by atoms with Crippen LogP contribution in [0.1, 0.15) is 10.4 Å². The number of aromatic carboxylic acids is 1. The van der Waals surface area contributed by atoms with Crippen LogP contribution >= 0.6 is 0 Å². The van der Waals surface area contributed by atoms with Crippen LogP contribution in [0.3, 0.4) is 0 Å². The molecule has 4 nitrogen and oxygen atoms in total. The zero-order valence-corrected chi connectivity index (χ0v) is 7.81. The van der Waals surface area contributed by atoms with E-state index in [1.807, 2.05) is 0 Å². The molecule has 0 aliphatic carbocycles. The van der Waals surface area contributed by atoms with Crippen molar-refractivity contribution >= 4 is 11.7 Å². The van der Waals surface area contributed by atoms with Gasteiger partial charge in [-0.15, -0.1) is 0 Å². The number of carboxylic acid groups (broad SMARTS) is 1. The van der Waals surface area contributed by atoms with Crippen LogP contribution < -0.4 is 5.73 Å². The van der Waals surface area contributed by atoms with Crippen molar-refractivity contribution in [1.29, 1.82) is 0 Å². The molecule has 76 valence electrons. The number of rotatable bonds is 2. The van der Waals surface area contributed by atoms with Crippen molar-refractivity contribution in [3.63, 3.8) is 0 Å². The molecule has 0 atom stereocenters. The van der Waals surface area contributed by atoms with Crippen LogP contribution in [0.2, 0.25) is 0 Å². The van der Waals surface area contributed by atoms with Gasteiger partial charge in [-0.1, -0.05) is 6.07 Å². The van der Waals surface area contributed by atoms with Crippen molar-refractivity contribution in [2.24, 2.45) is 0 Å². The van der Waals surface area contributed by atoms with Gasteiger partial charge in [0.25, 0.3) is 0 Å². The Hall–Kier alpha value is -2.23. The molecular weight excluding hydrogens is 194 g/mol. The molecule has 0 saturated carbocycles. The zero-order valence-electron chi connectivity index (χ0n) is 7.81. The van der Waals surface area contributed by atoms with E-state index in [-0.39, 0.29) is 11.3 Å². The van der Waals surface area contributed by atoms with Gasteiger partial charge in [-0.25, -0.2) is 4.79 Å². The molecule has 2 rings (SSSR count). The molecule has 2 aromatic rings. The van der Waals surface area contributed by atoms with Gasteiger partial charge in [0, 0.05) is 11.3 Å². The summed E-state index contributed by atoms with van der Waals surface area (Å²) < 4.78 is 5.17. The quantitative estimate of drug-likeness (QED) is 0.733. The Bertz CT molecular complexity index is 489. The van der Waals surface area contributed by atoms with Gasteiger partial charge in [-0.3, -0.25) is 0 Å². The first kappa shape index (κ1) is 9.33. The second-order valence-corrected chi connectivity index (χ2v) is 3.08. The Morgan fingerprint density at radius 1 is 1.33 bits per heavy atom. The molecule has 15 heavy (non-hydrogen) atoms. The van der Waals surface area contributed by atoms with E-state index in [0.29, 0.717) is 5.76 Å². The molecule has 0 saturated heterocycles. The van der Waals surface area contributed by atoms with Gasteiger partial charge in [-0.2, -0.15) is 0 Å². The summed E-state index contributed by atoms with van der Waals surface area (Å²) >= 11 is 0. The van der Waals surface area contributed by atoms with E-state index in [2.05, 4.69) is 0 Å². The summed E-state index contributed by atoms with van der Waals surface area (Å²) in [6, 6.07) is 8.27. The highest BCUT2D eigenvalue weighted by Gasteiger charge is 2.09. The van der Waals surface area contributed by atoms with Gasteiger partial charge < -0.3 is 15.3 Å². The molecule has 0 unspecified atom stereocenters. The highest BCUT2D eigenvalue weighted by Crippen LogP contribution is 2.24. The van der Waals surface area contributed by atoms with Gasteiger partial charge in [0.2, 0.25) is 0 Å². The summed E-state index contributed by atoms with van der Waals surface area (Å²) in [7, 11) is 0. The number of anilines is 1. The van der Waals surface area contributed by atoms with Crippen molar-refractivity contribution in [3.8, 4) is 11.3 Å². The fourth-order valence-electron chi connectivity index (χ4n) is 1.35. The number of benzene rings is 1. The summed E-state index contributed by atoms with van der Waals surface area (Å²) in [5.41, 5.74) is 6.71. The first-order valence-corrected chi connectivity index (χ1v) is 4.35. The molecule has 0 spiro atoms. The highest BCUT2D eigenvalue weighted by molar-refractivity contribution is 5.94. The van der Waals surface area contributed by atoms with Gasteiger partial charge in [0.05, 0.1) is 11.8 Å². The van der Waals surface area contributed by atoms with Crippen LogP contribution in [0.5, 0.6) is 0 Å². The number of furan rings is 1. The molecule has 0 fully saturated rings. The van der Waals surface area contributed by atoms with E-state index in [0.717, 1.165) is 5.56 Å². The van der Waals surface area contributed by atoms with Crippen LogP contribution in [0.25, 0.3) is 11.3 Å². The third-order valence-corrected chi connectivity index (χ3v) is 2.09. The summed E-state index contributed by atoms with van der Waals surface area (Å²) in [5.74, 6) is -0.364. The largest absolute Gasteiger partial charge is 0.478 e. The first-order valence-electron chi connectivity index (χ1n) is 4.35. The molecule has 0 aliphatic rings. The Kier molecular flexibility index (Phi) is 2.17. The number of nitrogen functional groups attached to an aromatic ring is 1. The smallest absolute Gasteiger partial charge is 0.337 e. The second-order valence-electron chi connectivity index (χ2n) is 3.08. The third kappa shape index (κ3) is 1.69.